The van der Waals surface area contributed by atoms with Crippen LogP contribution in [0.15, 0.2) is 48.5 Å². The summed E-state index contributed by atoms with van der Waals surface area (Å²) < 4.78 is 31.2. The van der Waals surface area contributed by atoms with Gasteiger partial charge >= 0.3 is 0 Å². The van der Waals surface area contributed by atoms with Crippen LogP contribution in [-0.2, 0) is 10.0 Å². The molecule has 2 aromatic carbocycles. The summed E-state index contributed by atoms with van der Waals surface area (Å²) in [6, 6.07) is 17.0. The Balaban J connectivity index is 1.89. The zero-order chi connectivity index (χ0) is 17.6. The lowest BCUT2D eigenvalue weighted by molar-refractivity contribution is 0.322. The van der Waals surface area contributed by atoms with Crippen molar-refractivity contribution in [2.24, 2.45) is 0 Å². The fraction of sp³-hybridized carbons (Fsp3) is 0.278. The lowest BCUT2D eigenvalue weighted by Gasteiger charge is -2.11. The molecular weight excluding hydrogens is 324 g/mol. The van der Waals surface area contributed by atoms with Crippen molar-refractivity contribution in [3.05, 3.63) is 54.1 Å². The van der Waals surface area contributed by atoms with Gasteiger partial charge in [-0.25, -0.2) is 13.1 Å². The van der Waals surface area contributed by atoms with Crippen molar-refractivity contribution < 1.29 is 13.2 Å². The van der Waals surface area contributed by atoms with E-state index in [2.05, 4.69) is 10.8 Å². The van der Waals surface area contributed by atoms with Crippen LogP contribution in [0.2, 0.25) is 0 Å². The Kier molecular flexibility index (Phi) is 5.96. The fourth-order valence-electron chi connectivity index (χ4n) is 2.00. The number of hydrogen-bond donors (Lipinski definition) is 1. The van der Waals surface area contributed by atoms with E-state index in [1.54, 1.807) is 26.0 Å². The molecule has 0 saturated carbocycles. The maximum absolute atomic E-state index is 11.6. The Morgan fingerprint density at radius 2 is 1.58 bits per heavy atom. The molecule has 126 valence electrons. The van der Waals surface area contributed by atoms with Gasteiger partial charge in [0, 0.05) is 6.54 Å². The van der Waals surface area contributed by atoms with Gasteiger partial charge in [-0.2, -0.15) is 5.26 Å². The molecule has 0 spiro atoms. The fourth-order valence-corrected chi connectivity index (χ4v) is 2.70. The molecule has 1 N–H and O–H groups in total. The van der Waals surface area contributed by atoms with Gasteiger partial charge in [0.05, 0.1) is 16.9 Å². The van der Waals surface area contributed by atoms with Crippen LogP contribution < -0.4 is 9.46 Å². The van der Waals surface area contributed by atoms with Crippen LogP contribution in [-0.4, -0.2) is 26.8 Å². The third-order valence-corrected chi connectivity index (χ3v) is 5.34. The van der Waals surface area contributed by atoms with Gasteiger partial charge in [0.15, 0.2) is 0 Å². The Morgan fingerprint density at radius 1 is 1.04 bits per heavy atom. The minimum absolute atomic E-state index is 0.234. The van der Waals surface area contributed by atoms with Crippen molar-refractivity contribution in [3.63, 3.8) is 0 Å². The summed E-state index contributed by atoms with van der Waals surface area (Å²) in [5, 5.41) is 8.36. The molecule has 0 radical (unpaired) electrons. The maximum Gasteiger partial charge on any atom is 0.214 e. The Labute approximate surface area is 142 Å². The average Bonchev–Trinajstić information content (AvgIpc) is 2.59. The number of nitrogens with one attached hydrogen (secondary N) is 1. The highest BCUT2D eigenvalue weighted by Crippen LogP contribution is 2.22. The lowest BCUT2D eigenvalue weighted by atomic mass is 10.0. The highest BCUT2D eigenvalue weighted by atomic mass is 32.2. The van der Waals surface area contributed by atoms with Crippen LogP contribution >= 0.6 is 0 Å². The molecule has 2 rings (SSSR count). The second-order valence-electron chi connectivity index (χ2n) is 5.55. The number of rotatable bonds is 7. The van der Waals surface area contributed by atoms with Crippen molar-refractivity contribution in [3.8, 4) is 22.9 Å². The zero-order valence-electron chi connectivity index (χ0n) is 13.7. The first-order valence-electron chi connectivity index (χ1n) is 7.64. The second-order valence-corrected chi connectivity index (χ2v) is 7.87. The SMILES string of the molecule is CC(C)S(=O)(=O)NCCOc1ccc(-c2ccc(C#N)cc2)cc1. The molecule has 2 aromatic rings. The zero-order valence-corrected chi connectivity index (χ0v) is 14.5. The average molecular weight is 344 g/mol. The second kappa shape index (κ2) is 7.95. The number of sulfonamides is 1. The molecular formula is C18H20N2O3S. The van der Waals surface area contributed by atoms with E-state index in [1.165, 1.54) is 0 Å². The van der Waals surface area contributed by atoms with Crippen molar-refractivity contribution in [2.75, 3.05) is 13.2 Å². The summed E-state index contributed by atoms with van der Waals surface area (Å²) in [5.41, 5.74) is 2.67. The van der Waals surface area contributed by atoms with E-state index in [0.29, 0.717) is 11.3 Å². The highest BCUT2D eigenvalue weighted by Gasteiger charge is 2.14. The molecule has 0 saturated heterocycles. The third-order valence-electron chi connectivity index (χ3n) is 3.50. The molecule has 0 fully saturated rings. The first-order chi connectivity index (χ1) is 11.4. The summed E-state index contributed by atoms with van der Waals surface area (Å²) in [6.45, 7) is 3.76. The monoisotopic (exact) mass is 344 g/mol. The van der Waals surface area contributed by atoms with Crippen LogP contribution in [0.3, 0.4) is 0 Å². The van der Waals surface area contributed by atoms with Gasteiger partial charge in [0.1, 0.15) is 12.4 Å². The number of nitriles is 1. The molecule has 0 aliphatic carbocycles. The van der Waals surface area contributed by atoms with Crippen molar-refractivity contribution >= 4 is 10.0 Å². The topological polar surface area (TPSA) is 79.2 Å². The lowest BCUT2D eigenvalue weighted by Crippen LogP contribution is -2.33. The van der Waals surface area contributed by atoms with Crippen molar-refractivity contribution in [2.45, 2.75) is 19.1 Å². The summed E-state index contributed by atoms with van der Waals surface area (Å²) in [4.78, 5) is 0. The Morgan fingerprint density at radius 3 is 2.08 bits per heavy atom. The minimum Gasteiger partial charge on any atom is -0.492 e. The predicted octanol–water partition coefficient (Wildman–Crippen LogP) is 2.93. The van der Waals surface area contributed by atoms with Gasteiger partial charge in [-0.15, -0.1) is 0 Å². The van der Waals surface area contributed by atoms with Crippen LogP contribution in [0.25, 0.3) is 11.1 Å². The molecule has 0 aliphatic heterocycles. The molecule has 0 aromatic heterocycles. The first kappa shape index (κ1) is 18.0. The summed E-state index contributed by atoms with van der Waals surface area (Å²) in [7, 11) is -3.25. The van der Waals surface area contributed by atoms with Gasteiger partial charge in [0.25, 0.3) is 0 Å². The number of hydrogen-bond acceptors (Lipinski definition) is 4. The molecule has 0 amide bonds. The smallest absolute Gasteiger partial charge is 0.214 e. The van der Waals surface area contributed by atoms with E-state index in [1.807, 2.05) is 36.4 Å². The number of ether oxygens (including phenoxy) is 1. The largest absolute Gasteiger partial charge is 0.492 e. The Hall–Kier alpha value is -2.36. The summed E-state index contributed by atoms with van der Waals surface area (Å²) in [5.74, 6) is 0.677. The number of nitrogens with zero attached hydrogens (tertiary/aromatic N) is 1. The minimum atomic E-state index is -3.25. The van der Waals surface area contributed by atoms with E-state index >= 15 is 0 Å². The van der Waals surface area contributed by atoms with Crippen LogP contribution in [0.1, 0.15) is 19.4 Å². The predicted molar refractivity (Wildman–Crippen MR) is 94.1 cm³/mol. The van der Waals surface area contributed by atoms with Crippen molar-refractivity contribution in [1.29, 1.82) is 5.26 Å². The van der Waals surface area contributed by atoms with E-state index < -0.39 is 15.3 Å². The van der Waals surface area contributed by atoms with Crippen LogP contribution in [0, 0.1) is 11.3 Å². The first-order valence-corrected chi connectivity index (χ1v) is 9.19. The van der Waals surface area contributed by atoms with Gasteiger partial charge in [-0.1, -0.05) is 24.3 Å². The van der Waals surface area contributed by atoms with E-state index in [-0.39, 0.29) is 13.2 Å². The van der Waals surface area contributed by atoms with E-state index in [4.69, 9.17) is 10.00 Å². The maximum atomic E-state index is 11.6. The van der Waals surface area contributed by atoms with Crippen LogP contribution in [0.4, 0.5) is 0 Å². The van der Waals surface area contributed by atoms with Gasteiger partial charge in [-0.05, 0) is 49.2 Å². The highest BCUT2D eigenvalue weighted by molar-refractivity contribution is 7.90. The molecule has 24 heavy (non-hydrogen) atoms. The van der Waals surface area contributed by atoms with Gasteiger partial charge in [0.2, 0.25) is 10.0 Å². The molecule has 0 bridgehead atoms. The third kappa shape index (κ3) is 4.82. The molecule has 0 heterocycles. The Bertz CT molecular complexity index is 805. The molecule has 6 heteroatoms. The van der Waals surface area contributed by atoms with Gasteiger partial charge < -0.3 is 4.74 Å². The quantitative estimate of drug-likeness (QED) is 0.783. The van der Waals surface area contributed by atoms with Crippen LogP contribution in [0.5, 0.6) is 5.75 Å². The summed E-state index contributed by atoms with van der Waals surface area (Å²) >= 11 is 0. The summed E-state index contributed by atoms with van der Waals surface area (Å²) in [6.07, 6.45) is 0. The molecule has 0 unspecified atom stereocenters. The number of benzene rings is 2. The van der Waals surface area contributed by atoms with Gasteiger partial charge in [-0.3, -0.25) is 0 Å². The molecule has 0 aliphatic rings. The standard InChI is InChI=1S/C18H20N2O3S/c1-14(2)24(21,22)20-11-12-23-18-9-7-17(8-10-18)16-5-3-15(13-19)4-6-16/h3-10,14,20H,11-12H2,1-2H3. The van der Waals surface area contributed by atoms with E-state index in [9.17, 15) is 8.42 Å². The molecule has 0 atom stereocenters. The normalized spacial score (nSPS) is 11.2. The molecule has 5 nitrogen and oxygen atoms in total. The van der Waals surface area contributed by atoms with Crippen molar-refractivity contribution in [1.82, 2.24) is 4.72 Å². The van der Waals surface area contributed by atoms with E-state index in [0.717, 1.165) is 11.1 Å².